The molecule has 0 bridgehead atoms. The number of amides is 1. The van der Waals surface area contributed by atoms with Crippen LogP contribution in [0.1, 0.15) is 40.5 Å². The molecule has 104 valence electrons. The molecule has 1 amide bonds. The Balaban J connectivity index is 2.48. The van der Waals surface area contributed by atoms with Crippen molar-refractivity contribution >= 4 is 6.09 Å². The fraction of sp³-hybridized carbons (Fsp3) is 0.786. The van der Waals surface area contributed by atoms with Crippen molar-refractivity contribution in [1.29, 1.82) is 0 Å². The number of likely N-dealkylation sites (tertiary alicyclic amines) is 1. The lowest BCUT2D eigenvalue weighted by Crippen LogP contribution is -2.45. The Kier molecular flexibility index (Phi) is 5.20. The van der Waals surface area contributed by atoms with Gasteiger partial charge in [-0.2, -0.15) is 0 Å². The molecule has 1 fully saturated rings. The van der Waals surface area contributed by atoms with Gasteiger partial charge in [0.15, 0.2) is 0 Å². The molecule has 1 rings (SSSR count). The second-order valence-electron chi connectivity index (χ2n) is 5.90. The normalized spacial score (nSPS) is 21.8. The minimum atomic E-state index is -0.425. The van der Waals surface area contributed by atoms with Gasteiger partial charge >= 0.3 is 6.09 Å². The minimum Gasteiger partial charge on any atom is -0.444 e. The van der Waals surface area contributed by atoms with Crippen molar-refractivity contribution < 1.29 is 9.53 Å². The molecule has 1 heterocycles. The van der Waals surface area contributed by atoms with Crippen LogP contribution in [0.25, 0.3) is 0 Å². The molecule has 2 atom stereocenters. The fourth-order valence-electron chi connectivity index (χ4n) is 2.01. The van der Waals surface area contributed by atoms with E-state index in [0.717, 1.165) is 25.9 Å². The molecule has 4 nitrogen and oxygen atoms in total. The van der Waals surface area contributed by atoms with Crippen LogP contribution in [0.15, 0.2) is 12.7 Å². The quantitative estimate of drug-likeness (QED) is 0.784. The summed E-state index contributed by atoms with van der Waals surface area (Å²) in [6, 6.07) is 0.508. The van der Waals surface area contributed by atoms with E-state index in [1.54, 1.807) is 0 Å². The van der Waals surface area contributed by atoms with Crippen molar-refractivity contribution in [3.8, 4) is 0 Å². The van der Waals surface area contributed by atoms with E-state index in [-0.39, 0.29) is 18.2 Å². The Morgan fingerprint density at radius 1 is 1.61 bits per heavy atom. The molecule has 1 saturated heterocycles. The molecule has 4 heteroatoms. The fourth-order valence-corrected chi connectivity index (χ4v) is 2.01. The monoisotopic (exact) mass is 254 g/mol. The van der Waals surface area contributed by atoms with E-state index < -0.39 is 5.60 Å². The Morgan fingerprint density at radius 2 is 2.28 bits per heavy atom. The number of nitrogens with zero attached hydrogens (tertiary/aromatic N) is 1. The Bertz CT molecular complexity index is 297. The molecular formula is C14H26N2O2. The first-order chi connectivity index (χ1) is 8.33. The van der Waals surface area contributed by atoms with E-state index in [1.807, 2.05) is 31.7 Å². The molecule has 0 saturated carbocycles. The summed E-state index contributed by atoms with van der Waals surface area (Å²) < 4.78 is 5.42. The molecule has 0 aromatic rings. The third-order valence-corrected chi connectivity index (χ3v) is 3.03. The first-order valence-electron chi connectivity index (χ1n) is 6.69. The summed E-state index contributed by atoms with van der Waals surface area (Å²) in [4.78, 5) is 13.9. The summed E-state index contributed by atoms with van der Waals surface area (Å²) in [5.74, 6) is 0. The molecule has 0 aliphatic carbocycles. The zero-order valence-electron chi connectivity index (χ0n) is 12.0. The van der Waals surface area contributed by atoms with Gasteiger partial charge in [-0.05, 0) is 40.5 Å². The van der Waals surface area contributed by atoms with Crippen LogP contribution in [0.2, 0.25) is 0 Å². The standard InChI is InChI=1S/C14H26N2O2/c1-6-11(2)15-10-12-8-7-9-16(12)13(17)18-14(3,4)5/h6,11-12,15H,1,7-10H2,2-5H3. The summed E-state index contributed by atoms with van der Waals surface area (Å²) >= 11 is 0. The van der Waals surface area contributed by atoms with Gasteiger partial charge in [0.1, 0.15) is 5.60 Å². The van der Waals surface area contributed by atoms with Gasteiger partial charge in [-0.3, -0.25) is 0 Å². The summed E-state index contributed by atoms with van der Waals surface area (Å²) in [6.45, 7) is 13.1. The van der Waals surface area contributed by atoms with Crippen molar-refractivity contribution in [1.82, 2.24) is 10.2 Å². The highest BCUT2D eigenvalue weighted by molar-refractivity contribution is 5.69. The van der Waals surface area contributed by atoms with Gasteiger partial charge in [0.05, 0.1) is 0 Å². The first-order valence-corrected chi connectivity index (χ1v) is 6.69. The van der Waals surface area contributed by atoms with Gasteiger partial charge in [-0.1, -0.05) is 6.08 Å². The smallest absolute Gasteiger partial charge is 0.410 e. The van der Waals surface area contributed by atoms with Crippen LogP contribution in [0, 0.1) is 0 Å². The lowest BCUT2D eigenvalue weighted by Gasteiger charge is -2.29. The highest BCUT2D eigenvalue weighted by Gasteiger charge is 2.31. The predicted molar refractivity (Wildman–Crippen MR) is 73.6 cm³/mol. The number of hydrogen-bond donors (Lipinski definition) is 1. The van der Waals surface area contributed by atoms with Crippen LogP contribution in [-0.2, 0) is 4.74 Å². The van der Waals surface area contributed by atoms with E-state index in [2.05, 4.69) is 18.8 Å². The van der Waals surface area contributed by atoms with Crippen molar-refractivity contribution in [2.75, 3.05) is 13.1 Å². The largest absolute Gasteiger partial charge is 0.444 e. The Hall–Kier alpha value is -1.03. The van der Waals surface area contributed by atoms with Crippen molar-refractivity contribution in [3.63, 3.8) is 0 Å². The van der Waals surface area contributed by atoms with E-state index in [9.17, 15) is 4.79 Å². The second-order valence-corrected chi connectivity index (χ2v) is 5.90. The number of carbonyl (C=O) groups is 1. The van der Waals surface area contributed by atoms with E-state index in [4.69, 9.17) is 4.74 Å². The third kappa shape index (κ3) is 4.69. The van der Waals surface area contributed by atoms with E-state index >= 15 is 0 Å². The van der Waals surface area contributed by atoms with Crippen LogP contribution in [0.4, 0.5) is 4.79 Å². The molecule has 0 aromatic carbocycles. The second kappa shape index (κ2) is 6.23. The van der Waals surface area contributed by atoms with Gasteiger partial charge < -0.3 is 15.0 Å². The average Bonchev–Trinajstić information content (AvgIpc) is 2.71. The molecule has 1 N–H and O–H groups in total. The van der Waals surface area contributed by atoms with Crippen LogP contribution >= 0.6 is 0 Å². The topological polar surface area (TPSA) is 41.6 Å². The van der Waals surface area contributed by atoms with Gasteiger partial charge in [-0.15, -0.1) is 6.58 Å². The minimum absolute atomic E-state index is 0.196. The average molecular weight is 254 g/mol. The summed E-state index contributed by atoms with van der Waals surface area (Å²) in [5.41, 5.74) is -0.425. The van der Waals surface area contributed by atoms with Crippen molar-refractivity contribution in [2.24, 2.45) is 0 Å². The van der Waals surface area contributed by atoms with Crippen LogP contribution < -0.4 is 5.32 Å². The van der Waals surface area contributed by atoms with E-state index in [0.29, 0.717) is 0 Å². The molecule has 0 spiro atoms. The molecule has 0 aromatic heterocycles. The van der Waals surface area contributed by atoms with Gasteiger partial charge in [0.25, 0.3) is 0 Å². The summed E-state index contributed by atoms with van der Waals surface area (Å²) in [7, 11) is 0. The number of rotatable bonds is 4. The lowest BCUT2D eigenvalue weighted by atomic mass is 10.2. The van der Waals surface area contributed by atoms with Crippen LogP contribution in [-0.4, -0.2) is 41.8 Å². The zero-order chi connectivity index (χ0) is 13.8. The maximum Gasteiger partial charge on any atom is 0.410 e. The molecule has 0 radical (unpaired) electrons. The maximum absolute atomic E-state index is 12.0. The summed E-state index contributed by atoms with van der Waals surface area (Å²) in [5, 5.41) is 3.35. The third-order valence-electron chi connectivity index (χ3n) is 3.03. The van der Waals surface area contributed by atoms with Crippen LogP contribution in [0.5, 0.6) is 0 Å². The molecule has 1 aliphatic heterocycles. The van der Waals surface area contributed by atoms with E-state index in [1.165, 1.54) is 0 Å². The maximum atomic E-state index is 12.0. The van der Waals surface area contributed by atoms with Gasteiger partial charge in [-0.25, -0.2) is 4.79 Å². The van der Waals surface area contributed by atoms with Crippen LogP contribution in [0.3, 0.4) is 0 Å². The molecular weight excluding hydrogens is 228 g/mol. The molecule has 2 unspecified atom stereocenters. The Labute approximate surface area is 110 Å². The predicted octanol–water partition coefficient (Wildman–Crippen LogP) is 2.55. The molecule has 1 aliphatic rings. The number of carbonyl (C=O) groups excluding carboxylic acids is 1. The first kappa shape index (κ1) is 15.0. The highest BCUT2D eigenvalue weighted by Crippen LogP contribution is 2.20. The molecule has 18 heavy (non-hydrogen) atoms. The highest BCUT2D eigenvalue weighted by atomic mass is 16.6. The number of hydrogen-bond acceptors (Lipinski definition) is 3. The SMILES string of the molecule is C=CC(C)NCC1CCCN1C(=O)OC(C)(C)C. The zero-order valence-corrected chi connectivity index (χ0v) is 12.0. The van der Waals surface area contributed by atoms with Crippen molar-refractivity contribution in [2.45, 2.75) is 58.2 Å². The van der Waals surface area contributed by atoms with Gasteiger partial charge in [0.2, 0.25) is 0 Å². The van der Waals surface area contributed by atoms with Crippen molar-refractivity contribution in [3.05, 3.63) is 12.7 Å². The lowest BCUT2D eigenvalue weighted by molar-refractivity contribution is 0.0226. The summed E-state index contributed by atoms with van der Waals surface area (Å²) in [6.07, 6.45) is 3.76. The van der Waals surface area contributed by atoms with Gasteiger partial charge in [0, 0.05) is 25.2 Å². The number of nitrogens with one attached hydrogen (secondary N) is 1. The Morgan fingerprint density at radius 3 is 2.83 bits per heavy atom. The number of ether oxygens (including phenoxy) is 1.